The standard InChI is InChI=1S/C19H24N2.2ClH.Ti/c1-14-8-5-10-18(16(14)3)20-12-7-13-21-19-11-6-9-15(2)17(19)4;;;/h5-6,8-11H,7,12-13H2,1-4H3;2*1H;/q-2;;;+2/p-2. The zero-order chi connectivity index (χ0) is 17.9. The van der Waals surface area contributed by atoms with Crippen molar-refractivity contribution in [3.05, 3.63) is 69.3 Å². The topological polar surface area (TPSA) is 28.2 Å². The van der Waals surface area contributed by atoms with E-state index in [0.29, 0.717) is 0 Å². The molecule has 0 N–H and O–H groups in total. The second-order valence-electron chi connectivity index (χ2n) is 5.63. The van der Waals surface area contributed by atoms with Gasteiger partial charge in [-0.15, -0.1) is 24.5 Å². The van der Waals surface area contributed by atoms with E-state index in [1.165, 1.54) is 22.3 Å². The first-order chi connectivity index (χ1) is 11.5. The molecule has 0 heterocycles. The van der Waals surface area contributed by atoms with E-state index in [0.717, 1.165) is 30.9 Å². The van der Waals surface area contributed by atoms with Crippen LogP contribution >= 0.6 is 18.6 Å². The van der Waals surface area contributed by atoms with Gasteiger partial charge < -0.3 is 10.6 Å². The van der Waals surface area contributed by atoms with Crippen molar-refractivity contribution in [1.82, 2.24) is 0 Å². The molecule has 0 aliphatic rings. The summed E-state index contributed by atoms with van der Waals surface area (Å²) in [5, 5.41) is 9.36. The summed E-state index contributed by atoms with van der Waals surface area (Å²) in [5.74, 6) is 0. The molecule has 0 saturated carbocycles. The van der Waals surface area contributed by atoms with Crippen molar-refractivity contribution >= 4 is 30.0 Å². The van der Waals surface area contributed by atoms with E-state index in [2.05, 4.69) is 74.7 Å². The van der Waals surface area contributed by atoms with Gasteiger partial charge in [0.05, 0.1) is 0 Å². The van der Waals surface area contributed by atoms with Crippen molar-refractivity contribution in [1.29, 1.82) is 0 Å². The van der Waals surface area contributed by atoms with E-state index in [1.54, 1.807) is 0 Å². The van der Waals surface area contributed by atoms with Gasteiger partial charge in [-0.3, -0.25) is 0 Å². The SMILES string of the molecule is Cc1cccc([N-]CCC[N-]c2cccc(C)c2C)c1C.[Cl][Ti][Cl]. The normalized spacial score (nSPS) is 9.75. The molecular formula is C19H24Cl2N2Ti-2. The monoisotopic (exact) mass is 398 g/mol. The van der Waals surface area contributed by atoms with Crippen LogP contribution in [0.25, 0.3) is 10.6 Å². The Morgan fingerprint density at radius 3 is 1.50 bits per heavy atom. The predicted octanol–water partition coefficient (Wildman–Crippen LogP) is 7.40. The van der Waals surface area contributed by atoms with Gasteiger partial charge in [-0.1, -0.05) is 53.9 Å². The van der Waals surface area contributed by atoms with Crippen molar-refractivity contribution in [2.45, 2.75) is 34.1 Å². The Kier molecular flexibility index (Phi) is 10.5. The van der Waals surface area contributed by atoms with Crippen molar-refractivity contribution in [3.8, 4) is 0 Å². The first-order valence-corrected chi connectivity index (χ1v) is 12.2. The van der Waals surface area contributed by atoms with Crippen molar-refractivity contribution in [2.24, 2.45) is 0 Å². The average Bonchev–Trinajstić information content (AvgIpc) is 2.55. The Bertz CT molecular complexity index is 579. The third kappa shape index (κ3) is 7.07. The Morgan fingerprint density at radius 1 is 0.750 bits per heavy atom. The molecule has 5 heteroatoms. The Balaban J connectivity index is 0.000000891. The van der Waals surface area contributed by atoms with Crippen LogP contribution in [0.2, 0.25) is 0 Å². The first-order valence-electron chi connectivity index (χ1n) is 7.95. The summed E-state index contributed by atoms with van der Waals surface area (Å²) in [6.07, 6.45) is 0.987. The van der Waals surface area contributed by atoms with Crippen LogP contribution in [0.15, 0.2) is 36.4 Å². The van der Waals surface area contributed by atoms with Crippen LogP contribution in [0.4, 0.5) is 11.4 Å². The Hall–Kier alpha value is -0.666. The van der Waals surface area contributed by atoms with Gasteiger partial charge in [-0.2, -0.15) is 0 Å². The van der Waals surface area contributed by atoms with E-state index in [9.17, 15) is 0 Å². The summed E-state index contributed by atoms with van der Waals surface area (Å²) in [6, 6.07) is 12.6. The molecular weight excluding hydrogens is 375 g/mol. The molecule has 0 aliphatic heterocycles. The minimum atomic E-state index is -0.556. The molecule has 0 amide bonds. The van der Waals surface area contributed by atoms with Gasteiger partial charge in [0.15, 0.2) is 0 Å². The third-order valence-electron chi connectivity index (χ3n) is 4.03. The molecule has 2 rings (SSSR count). The summed E-state index contributed by atoms with van der Waals surface area (Å²) < 4.78 is 0. The predicted molar refractivity (Wildman–Crippen MR) is 104 cm³/mol. The van der Waals surface area contributed by atoms with Crippen molar-refractivity contribution < 1.29 is 17.0 Å². The number of hydrogen-bond donors (Lipinski definition) is 0. The summed E-state index contributed by atoms with van der Waals surface area (Å²) in [6.45, 7) is 10.2. The van der Waals surface area contributed by atoms with Crippen molar-refractivity contribution in [2.75, 3.05) is 13.1 Å². The number of rotatable bonds is 6. The molecule has 24 heavy (non-hydrogen) atoms. The van der Waals surface area contributed by atoms with E-state index in [4.69, 9.17) is 18.6 Å². The van der Waals surface area contributed by atoms with Crippen LogP contribution < -0.4 is 0 Å². The summed E-state index contributed by atoms with van der Waals surface area (Å²) in [4.78, 5) is 0. The molecule has 0 unspecified atom stereocenters. The molecule has 130 valence electrons. The molecule has 2 aromatic rings. The van der Waals surface area contributed by atoms with Crippen LogP contribution in [0, 0.1) is 27.7 Å². The molecule has 0 radical (unpaired) electrons. The fourth-order valence-corrected chi connectivity index (χ4v) is 2.28. The second-order valence-corrected chi connectivity index (χ2v) is 8.21. The molecule has 0 atom stereocenters. The molecule has 0 aromatic heterocycles. The average molecular weight is 399 g/mol. The molecule has 0 fully saturated rings. The molecule has 0 saturated heterocycles. The van der Waals surface area contributed by atoms with Gasteiger partial charge in [0, 0.05) is 0 Å². The van der Waals surface area contributed by atoms with Crippen LogP contribution in [0.3, 0.4) is 0 Å². The molecule has 2 aromatic carbocycles. The number of halogens is 2. The van der Waals surface area contributed by atoms with Crippen LogP contribution in [0.1, 0.15) is 28.7 Å². The molecule has 0 aliphatic carbocycles. The van der Waals surface area contributed by atoms with Gasteiger partial charge >= 0.3 is 35.6 Å². The molecule has 0 spiro atoms. The fraction of sp³-hybridized carbons (Fsp3) is 0.368. The maximum absolute atomic E-state index is 4.89. The fourth-order valence-electron chi connectivity index (χ4n) is 2.28. The quantitative estimate of drug-likeness (QED) is 0.358. The summed E-state index contributed by atoms with van der Waals surface area (Å²) >= 11 is -0.556. The van der Waals surface area contributed by atoms with Crippen LogP contribution in [0.5, 0.6) is 0 Å². The Morgan fingerprint density at radius 2 is 1.12 bits per heavy atom. The van der Waals surface area contributed by atoms with Crippen LogP contribution in [-0.2, 0) is 17.0 Å². The zero-order valence-corrected chi connectivity index (χ0v) is 17.8. The number of benzene rings is 2. The number of hydrogen-bond acceptors (Lipinski definition) is 0. The first kappa shape index (κ1) is 21.4. The minimum absolute atomic E-state index is 0.556. The van der Waals surface area contributed by atoms with Gasteiger partial charge in [-0.25, -0.2) is 0 Å². The maximum atomic E-state index is 4.89. The van der Waals surface area contributed by atoms with E-state index in [-0.39, 0.29) is 0 Å². The third-order valence-corrected chi connectivity index (χ3v) is 4.03. The Labute approximate surface area is 163 Å². The second kappa shape index (κ2) is 11.8. The number of aryl methyl sites for hydroxylation is 2. The summed E-state index contributed by atoms with van der Waals surface area (Å²) in [5.41, 5.74) is 7.39. The van der Waals surface area contributed by atoms with Gasteiger partial charge in [0.25, 0.3) is 0 Å². The zero-order valence-electron chi connectivity index (χ0n) is 14.7. The molecule has 0 bridgehead atoms. The van der Waals surface area contributed by atoms with Gasteiger partial charge in [0.1, 0.15) is 0 Å². The van der Waals surface area contributed by atoms with E-state index in [1.807, 2.05) is 0 Å². The van der Waals surface area contributed by atoms with Crippen LogP contribution in [-0.4, -0.2) is 13.1 Å². The summed E-state index contributed by atoms with van der Waals surface area (Å²) in [7, 11) is 9.78. The van der Waals surface area contributed by atoms with Gasteiger partial charge in [-0.05, 0) is 38.8 Å². The van der Waals surface area contributed by atoms with E-state index >= 15 is 0 Å². The molecule has 2 nitrogen and oxygen atoms in total. The van der Waals surface area contributed by atoms with Crippen molar-refractivity contribution in [3.63, 3.8) is 0 Å². The van der Waals surface area contributed by atoms with Gasteiger partial charge in [0.2, 0.25) is 0 Å². The van der Waals surface area contributed by atoms with E-state index < -0.39 is 17.0 Å². The number of nitrogens with zero attached hydrogens (tertiary/aromatic N) is 2.